The second kappa shape index (κ2) is 7.51. The van der Waals surface area contributed by atoms with Gasteiger partial charge in [0.25, 0.3) is 0 Å². The average Bonchev–Trinajstić information content (AvgIpc) is 2.67. The molecule has 0 unspecified atom stereocenters. The Kier molecular flexibility index (Phi) is 5.96. The van der Waals surface area contributed by atoms with E-state index < -0.39 is 37.9 Å². The highest BCUT2D eigenvalue weighted by Crippen LogP contribution is 2.35. The van der Waals surface area contributed by atoms with Crippen LogP contribution < -0.4 is 5.32 Å². The topological polar surface area (TPSA) is 84.3 Å². The standard InChI is InChI=1S/C15H18ClF3N4O2S/c1-8(2)26(24,25)13-11(6-9(3)4-5-20-13)22-12-10(15(17,18)19)7-21-14(16)23-12/h6-9H,4-5H2,1-3H3,(H,21,22,23)/t9-/m1/s1. The first-order chi connectivity index (χ1) is 11.9. The molecule has 0 saturated carbocycles. The fraction of sp³-hybridized carbons (Fsp3) is 0.533. The molecule has 1 aliphatic heterocycles. The minimum atomic E-state index is -4.74. The highest BCUT2D eigenvalue weighted by Gasteiger charge is 2.37. The third-order valence-electron chi connectivity index (χ3n) is 3.73. The van der Waals surface area contributed by atoms with Gasteiger partial charge >= 0.3 is 6.18 Å². The Morgan fingerprint density at radius 1 is 1.35 bits per heavy atom. The molecular formula is C15H18ClF3N4O2S. The molecule has 0 radical (unpaired) electrons. The van der Waals surface area contributed by atoms with Crippen LogP contribution in [0.25, 0.3) is 0 Å². The van der Waals surface area contributed by atoms with Crippen LogP contribution in [-0.2, 0) is 16.0 Å². The fourth-order valence-corrected chi connectivity index (χ4v) is 3.52. The van der Waals surface area contributed by atoms with Gasteiger partial charge in [-0.05, 0) is 37.8 Å². The number of halogens is 4. The van der Waals surface area contributed by atoms with Gasteiger partial charge in [-0.25, -0.2) is 13.4 Å². The molecule has 0 amide bonds. The molecular weight excluding hydrogens is 393 g/mol. The lowest BCUT2D eigenvalue weighted by molar-refractivity contribution is -0.137. The monoisotopic (exact) mass is 410 g/mol. The summed E-state index contributed by atoms with van der Waals surface area (Å²) in [6, 6.07) is 0. The van der Waals surface area contributed by atoms with E-state index in [2.05, 4.69) is 20.3 Å². The molecule has 1 aromatic heterocycles. The van der Waals surface area contributed by atoms with Crippen molar-refractivity contribution >= 4 is 32.3 Å². The number of anilines is 1. The zero-order valence-corrected chi connectivity index (χ0v) is 15.9. The molecule has 0 bridgehead atoms. The normalized spacial score (nSPS) is 19.0. The lowest BCUT2D eigenvalue weighted by atomic mass is 10.1. The minimum absolute atomic E-state index is 0.0380. The first kappa shape index (κ1) is 20.6. The molecule has 2 rings (SSSR count). The molecule has 0 saturated heterocycles. The van der Waals surface area contributed by atoms with E-state index in [1.54, 1.807) is 6.08 Å². The van der Waals surface area contributed by atoms with Crippen molar-refractivity contribution in [2.24, 2.45) is 10.9 Å². The van der Waals surface area contributed by atoms with Gasteiger partial charge in [-0.1, -0.05) is 13.0 Å². The van der Waals surface area contributed by atoms with E-state index in [4.69, 9.17) is 11.6 Å². The van der Waals surface area contributed by atoms with E-state index in [0.29, 0.717) is 12.6 Å². The number of rotatable bonds is 3. The molecule has 26 heavy (non-hydrogen) atoms. The van der Waals surface area contributed by atoms with Gasteiger partial charge in [0.05, 0.1) is 10.9 Å². The van der Waals surface area contributed by atoms with Crippen molar-refractivity contribution in [3.05, 3.63) is 28.8 Å². The van der Waals surface area contributed by atoms with Crippen LogP contribution in [0, 0.1) is 5.92 Å². The first-order valence-corrected chi connectivity index (χ1v) is 9.72. The lowest BCUT2D eigenvalue weighted by Crippen LogP contribution is -2.29. The second-order valence-corrected chi connectivity index (χ2v) is 8.91. The van der Waals surface area contributed by atoms with Crippen LogP contribution in [0.3, 0.4) is 0 Å². The summed E-state index contributed by atoms with van der Waals surface area (Å²) in [5.41, 5.74) is -1.19. The number of nitrogens with zero attached hydrogens (tertiary/aromatic N) is 3. The van der Waals surface area contributed by atoms with Crippen LogP contribution in [0.1, 0.15) is 32.8 Å². The number of allylic oxidation sites excluding steroid dienone is 1. The largest absolute Gasteiger partial charge is 0.421 e. The van der Waals surface area contributed by atoms with Crippen molar-refractivity contribution in [2.75, 3.05) is 11.9 Å². The Balaban J connectivity index is 2.56. The van der Waals surface area contributed by atoms with E-state index in [-0.39, 0.29) is 23.2 Å². The summed E-state index contributed by atoms with van der Waals surface area (Å²) in [5.74, 6) is -0.711. The summed E-state index contributed by atoms with van der Waals surface area (Å²) in [7, 11) is -3.81. The Hall–Kier alpha value is -1.68. The number of aromatic nitrogens is 2. The smallest absolute Gasteiger partial charge is 0.337 e. The number of alkyl halides is 3. The molecule has 1 atom stereocenters. The quantitative estimate of drug-likeness (QED) is 0.768. The van der Waals surface area contributed by atoms with Crippen molar-refractivity contribution in [1.29, 1.82) is 0 Å². The van der Waals surface area contributed by atoms with Crippen LogP contribution in [0.15, 0.2) is 23.0 Å². The maximum atomic E-state index is 13.2. The summed E-state index contributed by atoms with van der Waals surface area (Å²) in [6.45, 7) is 5.03. The van der Waals surface area contributed by atoms with Crippen molar-refractivity contribution in [2.45, 2.75) is 38.6 Å². The highest BCUT2D eigenvalue weighted by molar-refractivity contribution is 8.07. The summed E-state index contributed by atoms with van der Waals surface area (Å²) in [4.78, 5) is 11.0. The van der Waals surface area contributed by atoms with E-state index in [0.717, 1.165) is 0 Å². The van der Waals surface area contributed by atoms with E-state index >= 15 is 0 Å². The molecule has 1 aliphatic rings. The number of sulfone groups is 1. The van der Waals surface area contributed by atoms with Gasteiger partial charge in [0.2, 0.25) is 5.28 Å². The van der Waals surface area contributed by atoms with Gasteiger partial charge in [-0.3, -0.25) is 4.99 Å². The summed E-state index contributed by atoms with van der Waals surface area (Å²) in [6.07, 6.45) is -2.08. The predicted octanol–water partition coefficient (Wildman–Crippen LogP) is 3.71. The predicted molar refractivity (Wildman–Crippen MR) is 93.9 cm³/mol. The Morgan fingerprint density at radius 2 is 2.00 bits per heavy atom. The van der Waals surface area contributed by atoms with Gasteiger partial charge in [-0.15, -0.1) is 0 Å². The fourth-order valence-electron chi connectivity index (χ4n) is 2.25. The van der Waals surface area contributed by atoms with E-state index in [1.165, 1.54) is 13.8 Å². The van der Waals surface area contributed by atoms with Crippen molar-refractivity contribution in [3.63, 3.8) is 0 Å². The number of aliphatic imine (C=N–C) groups is 1. The van der Waals surface area contributed by atoms with Crippen LogP contribution in [0.4, 0.5) is 19.0 Å². The van der Waals surface area contributed by atoms with Crippen molar-refractivity contribution < 1.29 is 21.6 Å². The second-order valence-electron chi connectivity index (χ2n) is 6.15. The van der Waals surface area contributed by atoms with Gasteiger partial charge in [0.1, 0.15) is 11.4 Å². The maximum absolute atomic E-state index is 13.2. The summed E-state index contributed by atoms with van der Waals surface area (Å²) < 4.78 is 64.9. The van der Waals surface area contributed by atoms with Gasteiger partial charge in [0, 0.05) is 12.7 Å². The Bertz CT molecular complexity index is 851. The van der Waals surface area contributed by atoms with E-state index in [9.17, 15) is 21.6 Å². The summed E-state index contributed by atoms with van der Waals surface area (Å²) in [5, 5.41) is 1.02. The SMILES string of the molecule is CC(C)S(=O)(=O)C1=NCC[C@@H](C)C=C1Nc1nc(Cl)ncc1C(F)(F)F. The Labute approximate surface area is 154 Å². The Morgan fingerprint density at radius 3 is 2.58 bits per heavy atom. The highest BCUT2D eigenvalue weighted by atomic mass is 35.5. The zero-order chi connectivity index (χ0) is 19.7. The van der Waals surface area contributed by atoms with Gasteiger partial charge in [0.15, 0.2) is 14.9 Å². The van der Waals surface area contributed by atoms with Crippen molar-refractivity contribution in [1.82, 2.24) is 9.97 Å². The zero-order valence-electron chi connectivity index (χ0n) is 14.3. The minimum Gasteiger partial charge on any atom is -0.337 e. The molecule has 1 N–H and O–H groups in total. The molecule has 1 aromatic rings. The first-order valence-electron chi connectivity index (χ1n) is 7.80. The van der Waals surface area contributed by atoms with Gasteiger partial charge < -0.3 is 5.32 Å². The third-order valence-corrected chi connectivity index (χ3v) is 6.04. The van der Waals surface area contributed by atoms with Gasteiger partial charge in [-0.2, -0.15) is 18.2 Å². The molecule has 0 aromatic carbocycles. The lowest BCUT2D eigenvalue weighted by Gasteiger charge is -2.18. The van der Waals surface area contributed by atoms with Crippen LogP contribution in [0.5, 0.6) is 0 Å². The number of hydrogen-bond donors (Lipinski definition) is 1. The summed E-state index contributed by atoms with van der Waals surface area (Å²) >= 11 is 5.62. The molecule has 0 spiro atoms. The third kappa shape index (κ3) is 4.53. The number of nitrogens with one attached hydrogen (secondary N) is 1. The average molecular weight is 411 g/mol. The van der Waals surface area contributed by atoms with Crippen LogP contribution in [-0.4, -0.2) is 35.2 Å². The maximum Gasteiger partial charge on any atom is 0.421 e. The molecule has 6 nitrogen and oxygen atoms in total. The van der Waals surface area contributed by atoms with Crippen LogP contribution in [0.2, 0.25) is 5.28 Å². The number of hydrogen-bond acceptors (Lipinski definition) is 6. The van der Waals surface area contributed by atoms with E-state index in [1.807, 2.05) is 6.92 Å². The molecule has 11 heteroatoms. The molecule has 0 aliphatic carbocycles. The molecule has 0 fully saturated rings. The van der Waals surface area contributed by atoms with Crippen LogP contribution >= 0.6 is 11.6 Å². The molecule has 2 heterocycles. The van der Waals surface area contributed by atoms with Crippen molar-refractivity contribution in [3.8, 4) is 0 Å². The molecule has 144 valence electrons.